The molecule has 1 aromatic rings. The molecule has 0 bridgehead atoms. The lowest BCUT2D eigenvalue weighted by Gasteiger charge is -2.39. The van der Waals surface area contributed by atoms with Crippen molar-refractivity contribution in [2.45, 2.75) is 78.4 Å². The summed E-state index contributed by atoms with van der Waals surface area (Å²) < 4.78 is 6.25. The Balaban J connectivity index is 2.94. The Morgan fingerprint density at radius 3 is 2.15 bits per heavy atom. The lowest BCUT2D eigenvalue weighted by atomic mass is 10.1. The van der Waals surface area contributed by atoms with Gasteiger partial charge >= 0.3 is 6.09 Å². The van der Waals surface area contributed by atoms with Crippen LogP contribution < -0.4 is 0 Å². The van der Waals surface area contributed by atoms with Crippen molar-refractivity contribution < 1.29 is 14.0 Å². The van der Waals surface area contributed by atoms with Crippen molar-refractivity contribution in [2.24, 2.45) is 0 Å². The first-order chi connectivity index (χ1) is 12.6. The maximum Gasteiger partial charge on any atom is 0.516 e. The molecule has 0 fully saturated rings. The number of carbonyl (C=O) groups is 1. The molecule has 1 amide bonds. The number of carbonyl (C=O) groups excluding carboxylic acids is 1. The number of quaternary nitrogens is 1. The van der Waals surface area contributed by atoms with Crippen molar-refractivity contribution in [3.8, 4) is 0 Å². The number of nitrogens with zero attached hydrogens (tertiary/aromatic N) is 1. The van der Waals surface area contributed by atoms with Crippen molar-refractivity contribution in [3.05, 3.63) is 48.6 Å². The number of unbranched alkanes of at least 4 members (excludes halogenated alkanes) is 4. The molecule has 0 spiro atoms. The lowest BCUT2D eigenvalue weighted by molar-refractivity contribution is -0.881. The topological polar surface area (TPSA) is 26.3 Å². The zero-order valence-corrected chi connectivity index (χ0v) is 17.1. The molecular formula is C23H38NO2+. The average Bonchev–Trinajstić information content (AvgIpc) is 2.66. The molecule has 1 rings (SSSR count). The molecule has 146 valence electrons. The van der Waals surface area contributed by atoms with Crippen LogP contribution in [0.25, 0.3) is 0 Å². The second-order valence-electron chi connectivity index (χ2n) is 7.31. The van der Waals surface area contributed by atoms with E-state index in [0.29, 0.717) is 11.1 Å². The largest absolute Gasteiger partial charge is 0.516 e. The van der Waals surface area contributed by atoms with Crippen molar-refractivity contribution in [3.63, 3.8) is 0 Å². The Kier molecular flexibility index (Phi) is 11.0. The minimum atomic E-state index is -0.0737. The van der Waals surface area contributed by atoms with Gasteiger partial charge in [-0.3, -0.25) is 0 Å². The third kappa shape index (κ3) is 6.95. The van der Waals surface area contributed by atoms with Gasteiger partial charge in [0, 0.05) is 6.42 Å². The normalized spacial score (nSPS) is 12.6. The molecule has 3 heteroatoms. The summed E-state index contributed by atoms with van der Waals surface area (Å²) in [4.78, 5) is 13.3. The van der Waals surface area contributed by atoms with Gasteiger partial charge in [0.2, 0.25) is 0 Å². The predicted octanol–water partition coefficient (Wildman–Crippen LogP) is 6.49. The fraction of sp³-hybridized carbons (Fsp3) is 0.609. The Bertz CT molecular complexity index is 502. The van der Waals surface area contributed by atoms with Crippen LogP contribution >= 0.6 is 0 Å². The van der Waals surface area contributed by atoms with E-state index in [-0.39, 0.29) is 12.1 Å². The van der Waals surface area contributed by atoms with E-state index in [1.54, 1.807) is 0 Å². The van der Waals surface area contributed by atoms with Gasteiger partial charge < -0.3 is 4.74 Å². The van der Waals surface area contributed by atoms with Gasteiger partial charge in [0.15, 0.2) is 0 Å². The van der Waals surface area contributed by atoms with E-state index in [9.17, 15) is 4.79 Å². The van der Waals surface area contributed by atoms with E-state index in [4.69, 9.17) is 4.74 Å². The standard InChI is InChI=1S/C23H38NO2/c1-5-8-13-18-24(19-14-9-6-2,21(4)15-7-3)23(25)26-20-22-16-11-10-12-17-22/h7,10-12,16-17,21H,3,5-6,8-9,13-15,18-20H2,1-2,4H3/q+1. The summed E-state index contributed by atoms with van der Waals surface area (Å²) in [5, 5.41) is 0. The van der Waals surface area contributed by atoms with Crippen LogP contribution in [0.3, 0.4) is 0 Å². The third-order valence-electron chi connectivity index (χ3n) is 5.24. The smallest absolute Gasteiger partial charge is 0.415 e. The highest BCUT2D eigenvalue weighted by atomic mass is 16.6. The summed E-state index contributed by atoms with van der Waals surface area (Å²) in [5.41, 5.74) is 1.04. The minimum absolute atomic E-state index is 0.0737. The number of hydrogen-bond donors (Lipinski definition) is 0. The van der Waals surface area contributed by atoms with Gasteiger partial charge in [-0.05, 0) is 38.2 Å². The van der Waals surface area contributed by atoms with Crippen molar-refractivity contribution >= 4 is 6.09 Å². The van der Waals surface area contributed by atoms with Gasteiger partial charge in [-0.25, -0.2) is 4.48 Å². The summed E-state index contributed by atoms with van der Waals surface area (Å²) in [6, 6.07) is 10.1. The van der Waals surface area contributed by atoms with E-state index in [1.165, 1.54) is 0 Å². The second kappa shape index (κ2) is 12.7. The van der Waals surface area contributed by atoms with Crippen LogP contribution in [0.15, 0.2) is 43.0 Å². The van der Waals surface area contributed by atoms with E-state index in [1.807, 2.05) is 36.4 Å². The van der Waals surface area contributed by atoms with E-state index < -0.39 is 0 Å². The molecule has 3 nitrogen and oxygen atoms in total. The third-order valence-corrected chi connectivity index (χ3v) is 5.24. The Morgan fingerprint density at radius 2 is 1.65 bits per heavy atom. The molecule has 0 heterocycles. The van der Waals surface area contributed by atoms with Gasteiger partial charge in [-0.15, -0.1) is 6.58 Å². The Hall–Kier alpha value is -1.61. The molecule has 0 aliphatic carbocycles. The summed E-state index contributed by atoms with van der Waals surface area (Å²) in [6.07, 6.45) is 9.43. The van der Waals surface area contributed by atoms with Gasteiger partial charge in [0.1, 0.15) is 6.61 Å². The van der Waals surface area contributed by atoms with Crippen LogP contribution in [0.4, 0.5) is 4.79 Å². The number of ether oxygens (including phenoxy) is 1. The monoisotopic (exact) mass is 360 g/mol. The zero-order chi connectivity index (χ0) is 19.3. The van der Waals surface area contributed by atoms with Crippen molar-refractivity contribution in [1.29, 1.82) is 0 Å². The number of amides is 1. The van der Waals surface area contributed by atoms with Crippen LogP contribution in [0.5, 0.6) is 0 Å². The van der Waals surface area contributed by atoms with Crippen LogP contribution in [-0.4, -0.2) is 29.7 Å². The number of hydrogen-bond acceptors (Lipinski definition) is 2. The summed E-state index contributed by atoms with van der Waals surface area (Å²) >= 11 is 0. The van der Waals surface area contributed by atoms with Crippen LogP contribution in [0.1, 0.15) is 71.3 Å². The van der Waals surface area contributed by atoms with Gasteiger partial charge in [0.25, 0.3) is 0 Å². The zero-order valence-electron chi connectivity index (χ0n) is 17.1. The number of benzene rings is 1. The van der Waals surface area contributed by atoms with Crippen molar-refractivity contribution in [2.75, 3.05) is 13.1 Å². The molecule has 0 aromatic heterocycles. The highest BCUT2D eigenvalue weighted by Gasteiger charge is 2.42. The highest BCUT2D eigenvalue weighted by Crippen LogP contribution is 2.24. The molecule has 0 N–H and O–H groups in total. The van der Waals surface area contributed by atoms with E-state index in [2.05, 4.69) is 27.4 Å². The summed E-state index contributed by atoms with van der Waals surface area (Å²) in [5.74, 6) is 0. The second-order valence-corrected chi connectivity index (χ2v) is 7.31. The molecule has 0 radical (unpaired) electrons. The van der Waals surface area contributed by atoms with Crippen molar-refractivity contribution in [1.82, 2.24) is 0 Å². The molecule has 0 saturated carbocycles. The predicted molar refractivity (Wildman–Crippen MR) is 110 cm³/mol. The van der Waals surface area contributed by atoms with Gasteiger partial charge in [-0.1, -0.05) is 63.1 Å². The molecule has 1 unspecified atom stereocenters. The molecule has 0 aliphatic rings. The van der Waals surface area contributed by atoms with Crippen LogP contribution in [0.2, 0.25) is 0 Å². The molecule has 0 aliphatic heterocycles. The highest BCUT2D eigenvalue weighted by molar-refractivity contribution is 5.60. The van der Waals surface area contributed by atoms with Gasteiger partial charge in [-0.2, -0.15) is 4.79 Å². The molecule has 0 saturated heterocycles. The first-order valence-electron chi connectivity index (χ1n) is 10.3. The molecule has 1 aromatic carbocycles. The van der Waals surface area contributed by atoms with Crippen LogP contribution in [0, 0.1) is 0 Å². The van der Waals surface area contributed by atoms with Crippen LogP contribution in [-0.2, 0) is 11.3 Å². The first kappa shape index (κ1) is 22.4. The van der Waals surface area contributed by atoms with E-state index >= 15 is 0 Å². The maximum atomic E-state index is 13.3. The summed E-state index contributed by atoms with van der Waals surface area (Å²) in [6.45, 7) is 12.5. The SMILES string of the molecule is C=CCC(C)[N+](CCCCC)(CCCCC)C(=O)OCc1ccccc1. The Morgan fingerprint density at radius 1 is 1.08 bits per heavy atom. The maximum absolute atomic E-state index is 13.3. The van der Waals surface area contributed by atoms with Gasteiger partial charge in [0.05, 0.1) is 19.1 Å². The molecule has 1 atom stereocenters. The fourth-order valence-electron chi connectivity index (χ4n) is 3.49. The molecule has 26 heavy (non-hydrogen) atoms. The minimum Gasteiger partial charge on any atom is -0.415 e. The summed E-state index contributed by atoms with van der Waals surface area (Å²) in [7, 11) is 0. The number of rotatable bonds is 13. The fourth-order valence-corrected chi connectivity index (χ4v) is 3.49. The average molecular weight is 361 g/mol. The quantitative estimate of drug-likeness (QED) is 0.228. The lowest BCUT2D eigenvalue weighted by Crippen LogP contribution is -2.59. The van der Waals surface area contributed by atoms with E-state index in [0.717, 1.165) is 63.6 Å². The Labute approximate surface area is 160 Å². The molecular weight excluding hydrogens is 322 g/mol. The first-order valence-corrected chi connectivity index (χ1v) is 10.3.